The first-order valence-corrected chi connectivity index (χ1v) is 27.6. The fraction of sp³-hybridized carbons (Fsp3) is 0.176. The summed E-state index contributed by atoms with van der Waals surface area (Å²) in [6, 6.07) is 33.2. The third-order valence-electron chi connectivity index (χ3n) is 11.8. The lowest BCUT2D eigenvalue weighted by Gasteiger charge is -2.33. The molecule has 0 bridgehead atoms. The first kappa shape index (κ1) is 51.3. The van der Waals surface area contributed by atoms with Gasteiger partial charge in [0.15, 0.2) is 5.60 Å². The van der Waals surface area contributed by atoms with Gasteiger partial charge in [-0.25, -0.2) is 9.98 Å². The molecule has 344 valence electrons. The van der Waals surface area contributed by atoms with Gasteiger partial charge in [-0.2, -0.15) is 0 Å². The summed E-state index contributed by atoms with van der Waals surface area (Å²) in [4.78, 5) is 18.2. The Morgan fingerprint density at radius 3 is 1.18 bits per heavy atom. The van der Waals surface area contributed by atoms with Crippen molar-refractivity contribution < 1.29 is 14.2 Å². The summed E-state index contributed by atoms with van der Waals surface area (Å²) in [5, 5.41) is 0. The van der Waals surface area contributed by atoms with Crippen molar-refractivity contribution in [3.8, 4) is 0 Å². The lowest BCUT2D eigenvalue weighted by Crippen LogP contribution is -2.39. The van der Waals surface area contributed by atoms with Crippen LogP contribution in [0.15, 0.2) is 154 Å². The van der Waals surface area contributed by atoms with E-state index in [1.807, 2.05) is 31.2 Å². The summed E-state index contributed by atoms with van der Waals surface area (Å²) in [5.41, 5.74) is 13.2. The van der Waals surface area contributed by atoms with Gasteiger partial charge in [0, 0.05) is 38.0 Å². The topological polar surface area (TPSA) is 84.0 Å². The molecule has 67 heavy (non-hydrogen) atoms. The molecule has 0 fully saturated rings. The Hall–Kier alpha value is -2.06. The van der Waals surface area contributed by atoms with Crippen molar-refractivity contribution in [1.82, 2.24) is 9.97 Å². The molecule has 0 unspecified atom stereocenters. The Labute approximate surface area is 465 Å². The maximum absolute atomic E-state index is 6.99. The molecule has 8 rings (SSSR count). The molecule has 0 saturated heterocycles. The van der Waals surface area contributed by atoms with Crippen molar-refractivity contribution in [2.75, 3.05) is 21.3 Å². The lowest BCUT2D eigenvalue weighted by atomic mass is 9.86. The number of rotatable bonds is 12. The van der Waals surface area contributed by atoms with Crippen LogP contribution in [-0.2, 0) is 25.6 Å². The Bertz CT molecular complexity index is 3140. The van der Waals surface area contributed by atoms with E-state index in [0.29, 0.717) is 36.4 Å². The molecule has 4 aromatic carbocycles. The zero-order valence-corrected chi connectivity index (χ0v) is 51.0. The summed E-state index contributed by atoms with van der Waals surface area (Å²) < 4.78 is 26.2. The van der Waals surface area contributed by atoms with Crippen LogP contribution >= 0.6 is 143 Å². The predicted molar refractivity (Wildman–Crippen MR) is 305 cm³/mol. The lowest BCUT2D eigenvalue weighted by molar-refractivity contribution is -0.160. The highest BCUT2D eigenvalue weighted by molar-refractivity contribution is 9.21. The minimum atomic E-state index is -1.35. The number of allylic oxidation sites excluding steroid dienone is 3. The highest BCUT2D eigenvalue weighted by Gasteiger charge is 2.47. The molecule has 2 N–H and O–H groups in total. The van der Waals surface area contributed by atoms with Gasteiger partial charge < -0.3 is 24.2 Å². The second kappa shape index (κ2) is 20.6. The van der Waals surface area contributed by atoms with Gasteiger partial charge in [0.05, 0.1) is 70.0 Å². The number of aliphatic imine (C=N–C) groups is 2. The maximum atomic E-state index is 6.99. The van der Waals surface area contributed by atoms with Crippen molar-refractivity contribution in [2.45, 2.75) is 39.1 Å². The number of H-pyrrole nitrogens is 2. The number of aromatic amines is 2. The van der Waals surface area contributed by atoms with E-state index in [0.717, 1.165) is 99.6 Å². The maximum Gasteiger partial charge on any atom is 0.240 e. The molecule has 0 spiro atoms. The van der Waals surface area contributed by atoms with Gasteiger partial charge in [-0.15, -0.1) is 0 Å². The van der Waals surface area contributed by atoms with E-state index in [4.69, 9.17) is 24.2 Å². The Kier molecular flexibility index (Phi) is 15.8. The van der Waals surface area contributed by atoms with E-state index < -0.39 is 11.4 Å². The van der Waals surface area contributed by atoms with Gasteiger partial charge in [0.25, 0.3) is 0 Å². The Balaban J connectivity index is 1.43. The van der Waals surface area contributed by atoms with Crippen molar-refractivity contribution in [1.29, 1.82) is 0 Å². The number of aryl methyl sites for hydroxylation is 4. The number of hydrogen-bond donors (Lipinski definition) is 2. The molecule has 0 aliphatic carbocycles. The highest BCUT2D eigenvalue weighted by atomic mass is 79.9. The zero-order valence-electron chi connectivity index (χ0n) is 36.8. The van der Waals surface area contributed by atoms with Crippen LogP contribution in [0.2, 0.25) is 0 Å². The van der Waals surface area contributed by atoms with E-state index in [1.165, 1.54) is 0 Å². The fourth-order valence-corrected chi connectivity index (χ4v) is 12.8. The fourth-order valence-electron chi connectivity index (χ4n) is 8.28. The smallest absolute Gasteiger partial charge is 0.240 e. The average Bonchev–Trinajstić information content (AvgIpc) is 3.98. The minimum Gasteiger partial charge on any atom is -0.361 e. The van der Waals surface area contributed by atoms with Crippen LogP contribution in [0.5, 0.6) is 0 Å². The number of nitrogens with one attached hydrogen (secondary N) is 2. The van der Waals surface area contributed by atoms with Crippen molar-refractivity contribution in [3.05, 3.63) is 212 Å². The van der Waals surface area contributed by atoms with Crippen LogP contribution in [-0.4, -0.2) is 41.6 Å². The van der Waals surface area contributed by atoms with Crippen molar-refractivity contribution in [2.24, 2.45) is 9.98 Å². The van der Waals surface area contributed by atoms with E-state index >= 15 is 0 Å². The first-order chi connectivity index (χ1) is 31.9. The van der Waals surface area contributed by atoms with Crippen LogP contribution in [0.25, 0.3) is 11.1 Å². The molecule has 0 amide bonds. The van der Waals surface area contributed by atoms with Gasteiger partial charge in [-0.3, -0.25) is 0 Å². The molecule has 16 heteroatoms. The SMILES string of the molecule is COC(OC)(C1=N/C(=C(\c2ccc(C)cc2)c2[nH]c([C@@](OC)(c3ccc(C)cc3)c3[nH]c(/C(=C4\N=C(Br)C(Br)=C4Br)c4ccc(C)cc4)c(Br)c3Br)c(Br)c2Br)C(Br)=C1Br)c1ccc(C)cc1. The molecule has 4 heterocycles. The second-order valence-corrected chi connectivity index (χ2v) is 23.0. The second-order valence-electron chi connectivity index (χ2n) is 15.9. The van der Waals surface area contributed by atoms with E-state index in [1.54, 1.807) is 21.3 Å². The van der Waals surface area contributed by atoms with Crippen molar-refractivity contribution >= 4 is 165 Å². The molecular formula is C51H39Br9N4O3. The molecule has 2 aliphatic heterocycles. The van der Waals surface area contributed by atoms with Gasteiger partial charge >= 0.3 is 0 Å². The number of halogens is 9. The van der Waals surface area contributed by atoms with Crippen LogP contribution < -0.4 is 0 Å². The Morgan fingerprint density at radius 1 is 0.433 bits per heavy atom. The summed E-state index contributed by atoms with van der Waals surface area (Å²) in [5.74, 6) is -1.35. The number of hydrogen-bond acceptors (Lipinski definition) is 5. The number of ether oxygens (including phenoxy) is 3. The van der Waals surface area contributed by atoms with Gasteiger partial charge in [0.2, 0.25) is 5.79 Å². The van der Waals surface area contributed by atoms with Crippen molar-refractivity contribution in [3.63, 3.8) is 0 Å². The number of aromatic nitrogens is 2. The van der Waals surface area contributed by atoms with Crippen LogP contribution in [0, 0.1) is 27.7 Å². The third-order valence-corrected chi connectivity index (χ3v) is 21.3. The number of benzene rings is 4. The molecular weight excluding hydrogens is 1440 g/mol. The predicted octanol–water partition coefficient (Wildman–Crippen LogP) is 17.5. The average molecular weight is 1480 g/mol. The first-order valence-electron chi connectivity index (χ1n) is 20.5. The third kappa shape index (κ3) is 9.02. The van der Waals surface area contributed by atoms with E-state index in [2.05, 4.69) is 247 Å². The summed E-state index contributed by atoms with van der Waals surface area (Å²) >= 11 is 35.4. The van der Waals surface area contributed by atoms with Gasteiger partial charge in [0.1, 0.15) is 10.3 Å². The standard InChI is InChI=1S/C51H39Br9N4O3/c1-24-8-16-28(17-9-24)32(44-36(54)40(58)48(63-44)51(66-6,67-7)31-22-14-27(4)15-23-31)42-34(52)38(56)46(61-42)50(65-5,30-20-12-26(3)13-21-30)47-39(57)35(53)43(62-47)33(29-18-10-25(2)11-19-29)45-37(55)41(59)49(60)64-45/h8-23,61-62H,1-7H3/b44-32+,45-33-/t50-/m0/s1. The Morgan fingerprint density at radius 2 is 0.806 bits per heavy atom. The van der Waals surface area contributed by atoms with Gasteiger partial charge in [-0.05, 0) is 188 Å². The molecule has 6 aromatic rings. The van der Waals surface area contributed by atoms with E-state index in [-0.39, 0.29) is 0 Å². The summed E-state index contributed by atoms with van der Waals surface area (Å²) in [7, 11) is 4.97. The summed E-state index contributed by atoms with van der Waals surface area (Å²) in [6.07, 6.45) is 0. The molecule has 2 aliphatic rings. The molecule has 2 aromatic heterocycles. The van der Waals surface area contributed by atoms with Crippen LogP contribution in [0.4, 0.5) is 0 Å². The zero-order chi connectivity index (χ0) is 48.3. The van der Waals surface area contributed by atoms with E-state index in [9.17, 15) is 0 Å². The van der Waals surface area contributed by atoms with Crippen LogP contribution in [0.1, 0.15) is 67.3 Å². The molecule has 7 nitrogen and oxygen atoms in total. The largest absolute Gasteiger partial charge is 0.361 e. The minimum absolute atomic E-state index is 0.541. The monoisotopic (exact) mass is 1470 g/mol. The molecule has 0 radical (unpaired) electrons. The summed E-state index contributed by atoms with van der Waals surface area (Å²) in [6.45, 7) is 8.26. The highest BCUT2D eigenvalue weighted by Crippen LogP contribution is 2.54. The quantitative estimate of drug-likeness (QED) is 0.120. The van der Waals surface area contributed by atoms with Gasteiger partial charge in [-0.1, -0.05) is 119 Å². The molecule has 0 saturated carbocycles. The molecule has 1 atom stereocenters. The number of methoxy groups -OCH3 is 3. The van der Waals surface area contributed by atoms with Crippen LogP contribution in [0.3, 0.4) is 0 Å². The normalized spacial score (nSPS) is 16.8. The number of nitrogens with zero attached hydrogens (tertiary/aromatic N) is 2.